The SMILES string of the molecule is CN1C(=O)C[C@@](C)(C2CCCN(C3CCSC3)C2)N=C1N. The molecule has 0 bridgehead atoms. The molecule has 21 heavy (non-hydrogen) atoms. The van der Waals surface area contributed by atoms with E-state index in [0.717, 1.165) is 19.0 Å². The Bertz CT molecular complexity index is 449. The minimum atomic E-state index is -0.321. The van der Waals surface area contributed by atoms with Crippen LogP contribution in [0.4, 0.5) is 0 Å². The van der Waals surface area contributed by atoms with Gasteiger partial charge >= 0.3 is 0 Å². The van der Waals surface area contributed by atoms with Gasteiger partial charge in [-0.3, -0.25) is 14.6 Å². The van der Waals surface area contributed by atoms with Crippen molar-refractivity contribution in [2.75, 3.05) is 31.6 Å². The van der Waals surface area contributed by atoms with Crippen LogP contribution in [0.15, 0.2) is 4.99 Å². The molecule has 3 heterocycles. The molecule has 3 rings (SSSR count). The highest BCUT2D eigenvalue weighted by Crippen LogP contribution is 2.37. The molecule has 0 aliphatic carbocycles. The molecular weight excluding hydrogens is 284 g/mol. The first-order valence-corrected chi connectivity index (χ1v) is 9.09. The molecule has 0 saturated carbocycles. The highest BCUT2D eigenvalue weighted by Gasteiger charge is 2.43. The molecule has 5 nitrogen and oxygen atoms in total. The maximum absolute atomic E-state index is 12.1. The zero-order chi connectivity index (χ0) is 15.0. The number of piperidine rings is 1. The van der Waals surface area contributed by atoms with E-state index in [-0.39, 0.29) is 11.4 Å². The maximum atomic E-state index is 12.1. The van der Waals surface area contributed by atoms with Crippen molar-refractivity contribution in [3.05, 3.63) is 0 Å². The molecule has 1 amide bonds. The third kappa shape index (κ3) is 2.93. The van der Waals surface area contributed by atoms with Gasteiger partial charge in [0.1, 0.15) is 0 Å². The monoisotopic (exact) mass is 310 g/mol. The number of hydrogen-bond acceptors (Lipinski definition) is 5. The van der Waals surface area contributed by atoms with Gasteiger partial charge in [0.25, 0.3) is 0 Å². The van der Waals surface area contributed by atoms with E-state index in [4.69, 9.17) is 10.7 Å². The summed E-state index contributed by atoms with van der Waals surface area (Å²) in [5.41, 5.74) is 5.62. The summed E-state index contributed by atoms with van der Waals surface area (Å²) >= 11 is 2.06. The Morgan fingerprint density at radius 2 is 2.24 bits per heavy atom. The predicted molar refractivity (Wildman–Crippen MR) is 87.4 cm³/mol. The van der Waals surface area contributed by atoms with Gasteiger partial charge in [-0.15, -0.1) is 0 Å². The van der Waals surface area contributed by atoms with Gasteiger partial charge in [0.2, 0.25) is 5.91 Å². The van der Waals surface area contributed by atoms with Crippen molar-refractivity contribution >= 4 is 23.6 Å². The maximum Gasteiger partial charge on any atom is 0.231 e. The number of carbonyl (C=O) groups excluding carboxylic acids is 1. The fourth-order valence-electron chi connectivity index (χ4n) is 3.82. The van der Waals surface area contributed by atoms with Crippen LogP contribution >= 0.6 is 11.8 Å². The van der Waals surface area contributed by atoms with Crippen molar-refractivity contribution in [1.29, 1.82) is 0 Å². The second-order valence-corrected chi connectivity index (χ2v) is 7.96. The first kappa shape index (κ1) is 15.2. The van der Waals surface area contributed by atoms with E-state index in [0.29, 0.717) is 18.3 Å². The van der Waals surface area contributed by atoms with Crippen molar-refractivity contribution in [1.82, 2.24) is 9.80 Å². The van der Waals surface area contributed by atoms with E-state index in [1.807, 2.05) is 0 Å². The summed E-state index contributed by atoms with van der Waals surface area (Å²) in [6, 6.07) is 0.727. The Labute approximate surface area is 131 Å². The summed E-state index contributed by atoms with van der Waals surface area (Å²) < 4.78 is 0. The molecule has 0 spiro atoms. The van der Waals surface area contributed by atoms with Crippen LogP contribution < -0.4 is 5.73 Å². The summed E-state index contributed by atoms with van der Waals surface area (Å²) in [6.45, 7) is 4.38. The number of likely N-dealkylation sites (tertiary alicyclic amines) is 1. The topological polar surface area (TPSA) is 61.9 Å². The third-order valence-electron chi connectivity index (χ3n) is 5.35. The van der Waals surface area contributed by atoms with Gasteiger partial charge < -0.3 is 5.73 Å². The van der Waals surface area contributed by atoms with Crippen LogP contribution in [0.2, 0.25) is 0 Å². The zero-order valence-electron chi connectivity index (χ0n) is 13.0. The number of guanidine groups is 1. The highest BCUT2D eigenvalue weighted by atomic mass is 32.2. The lowest BCUT2D eigenvalue weighted by Gasteiger charge is -2.45. The summed E-state index contributed by atoms with van der Waals surface area (Å²) in [4.78, 5) is 21.0. The molecule has 0 aromatic carbocycles. The quantitative estimate of drug-likeness (QED) is 0.831. The van der Waals surface area contributed by atoms with Gasteiger partial charge in [-0.2, -0.15) is 11.8 Å². The molecule has 3 atom stereocenters. The molecule has 2 unspecified atom stereocenters. The third-order valence-corrected chi connectivity index (χ3v) is 6.50. The van der Waals surface area contributed by atoms with Gasteiger partial charge in [0.05, 0.1) is 12.0 Å². The number of carbonyl (C=O) groups is 1. The molecule has 0 aromatic rings. The van der Waals surface area contributed by atoms with Crippen molar-refractivity contribution < 1.29 is 4.79 Å². The molecule has 2 N–H and O–H groups in total. The average molecular weight is 310 g/mol. The first-order chi connectivity index (χ1) is 9.99. The zero-order valence-corrected chi connectivity index (χ0v) is 13.9. The largest absolute Gasteiger partial charge is 0.369 e. The number of rotatable bonds is 2. The number of hydrogen-bond donors (Lipinski definition) is 1. The van der Waals surface area contributed by atoms with Crippen LogP contribution in [-0.4, -0.2) is 64.9 Å². The van der Waals surface area contributed by atoms with Crippen molar-refractivity contribution in [3.8, 4) is 0 Å². The van der Waals surface area contributed by atoms with E-state index in [1.54, 1.807) is 7.05 Å². The van der Waals surface area contributed by atoms with Crippen molar-refractivity contribution in [2.45, 2.75) is 44.2 Å². The Kier molecular flexibility index (Phi) is 4.19. The second kappa shape index (κ2) is 5.80. The van der Waals surface area contributed by atoms with Crippen LogP contribution in [0.5, 0.6) is 0 Å². The standard InChI is InChI=1S/C15H26N4OS/c1-15(8-13(20)18(2)14(16)17-15)11-4-3-6-19(9-11)12-5-7-21-10-12/h11-12H,3-10H2,1-2H3,(H2,16,17)/t11?,12?,15-/m0/s1. The van der Waals surface area contributed by atoms with Gasteiger partial charge in [-0.1, -0.05) is 0 Å². The number of nitrogens with two attached hydrogens (primary N) is 1. The number of nitrogens with zero attached hydrogens (tertiary/aromatic N) is 3. The van der Waals surface area contributed by atoms with E-state index in [1.165, 1.54) is 35.8 Å². The second-order valence-electron chi connectivity index (χ2n) is 6.81. The van der Waals surface area contributed by atoms with Crippen molar-refractivity contribution in [2.24, 2.45) is 16.6 Å². The minimum absolute atomic E-state index is 0.0959. The smallest absolute Gasteiger partial charge is 0.231 e. The van der Waals surface area contributed by atoms with Gasteiger partial charge in [0.15, 0.2) is 5.96 Å². The molecule has 118 valence electrons. The Morgan fingerprint density at radius 3 is 2.90 bits per heavy atom. The van der Waals surface area contributed by atoms with E-state index in [9.17, 15) is 4.79 Å². The number of aliphatic imine (C=N–C) groups is 1. The van der Waals surface area contributed by atoms with Crippen molar-refractivity contribution in [3.63, 3.8) is 0 Å². The van der Waals surface area contributed by atoms with Gasteiger partial charge in [0, 0.05) is 25.4 Å². The van der Waals surface area contributed by atoms with Crippen LogP contribution in [-0.2, 0) is 4.79 Å². The Hall–Kier alpha value is -0.750. The normalized spacial score (nSPS) is 38.7. The fourth-order valence-corrected chi connectivity index (χ4v) is 5.08. The molecular formula is C15H26N4OS. The lowest BCUT2D eigenvalue weighted by Crippen LogP contribution is -2.55. The van der Waals surface area contributed by atoms with E-state index >= 15 is 0 Å². The average Bonchev–Trinajstić information content (AvgIpc) is 2.99. The molecule has 2 fully saturated rings. The molecule has 6 heteroatoms. The summed E-state index contributed by atoms with van der Waals surface area (Å²) in [5, 5.41) is 0. The predicted octanol–water partition coefficient (Wildman–Crippen LogP) is 1.14. The van der Waals surface area contributed by atoms with E-state index < -0.39 is 0 Å². The lowest BCUT2D eigenvalue weighted by molar-refractivity contribution is -0.129. The summed E-state index contributed by atoms with van der Waals surface area (Å²) in [5.74, 6) is 3.46. The van der Waals surface area contributed by atoms with Gasteiger partial charge in [-0.25, -0.2) is 4.99 Å². The van der Waals surface area contributed by atoms with Crippen LogP contribution in [0.1, 0.15) is 32.6 Å². The minimum Gasteiger partial charge on any atom is -0.369 e. The summed E-state index contributed by atoms with van der Waals surface area (Å²) in [7, 11) is 1.71. The molecule has 0 radical (unpaired) electrons. The molecule has 3 aliphatic heterocycles. The summed E-state index contributed by atoms with van der Waals surface area (Å²) in [6.07, 6.45) is 4.16. The number of amides is 1. The lowest BCUT2D eigenvalue weighted by atomic mass is 9.77. The Balaban J connectivity index is 1.74. The molecule has 0 aromatic heterocycles. The van der Waals surface area contributed by atoms with E-state index in [2.05, 4.69) is 23.6 Å². The van der Waals surface area contributed by atoms with Crippen LogP contribution in [0, 0.1) is 5.92 Å². The first-order valence-electron chi connectivity index (χ1n) is 7.93. The molecule has 2 saturated heterocycles. The Morgan fingerprint density at radius 1 is 1.43 bits per heavy atom. The highest BCUT2D eigenvalue weighted by molar-refractivity contribution is 7.99. The fraction of sp³-hybridized carbons (Fsp3) is 0.867. The van der Waals surface area contributed by atoms with Gasteiger partial charge in [-0.05, 0) is 44.4 Å². The van der Waals surface area contributed by atoms with Crippen LogP contribution in [0.25, 0.3) is 0 Å². The number of thioether (sulfide) groups is 1. The molecule has 3 aliphatic rings. The van der Waals surface area contributed by atoms with Crippen LogP contribution in [0.3, 0.4) is 0 Å².